The monoisotopic (exact) mass is 492 g/mol. The predicted octanol–water partition coefficient (Wildman–Crippen LogP) is 5.05. The number of ether oxygens (including phenoxy) is 2. The molecule has 0 atom stereocenters. The molecule has 3 aromatic rings. The highest BCUT2D eigenvalue weighted by Crippen LogP contribution is 2.42. The number of aromatic amines is 1. The number of hydrogen-bond donors (Lipinski definition) is 2. The number of halogens is 3. The summed E-state index contributed by atoms with van der Waals surface area (Å²) < 4.78 is 52.0. The molecule has 0 aliphatic heterocycles. The summed E-state index contributed by atoms with van der Waals surface area (Å²) in [5.41, 5.74) is 7.22. The molecule has 1 saturated carbocycles. The second-order valence-corrected chi connectivity index (χ2v) is 9.06. The SMILES string of the molecule is CCOCC1(CN(C)c2cc(-c3cnc(OCC)c(C(F)(F)F)c3)nc3nc(N)[nH]c23)CCCC1. The van der Waals surface area contributed by atoms with Gasteiger partial charge < -0.3 is 25.1 Å². The Hall–Kier alpha value is -3.08. The van der Waals surface area contributed by atoms with Crippen LogP contribution in [0.3, 0.4) is 0 Å². The maximum absolute atomic E-state index is 13.7. The lowest BCUT2D eigenvalue weighted by atomic mass is 9.86. The van der Waals surface area contributed by atoms with Gasteiger partial charge >= 0.3 is 6.18 Å². The van der Waals surface area contributed by atoms with E-state index in [1.165, 1.54) is 6.20 Å². The van der Waals surface area contributed by atoms with E-state index in [4.69, 9.17) is 15.2 Å². The number of anilines is 2. The van der Waals surface area contributed by atoms with Crippen molar-refractivity contribution in [3.05, 3.63) is 23.9 Å². The number of hydrogen-bond acceptors (Lipinski definition) is 7. The van der Waals surface area contributed by atoms with Gasteiger partial charge in [-0.05, 0) is 38.8 Å². The van der Waals surface area contributed by atoms with Crippen molar-refractivity contribution in [3.8, 4) is 17.1 Å². The van der Waals surface area contributed by atoms with Crippen LogP contribution in [0.1, 0.15) is 45.1 Å². The van der Waals surface area contributed by atoms with E-state index in [0.29, 0.717) is 30.1 Å². The molecule has 1 aliphatic carbocycles. The summed E-state index contributed by atoms with van der Waals surface area (Å²) in [4.78, 5) is 17.8. The number of nitrogens with zero attached hydrogens (tertiary/aromatic N) is 4. The fraction of sp³-hybridized carbons (Fsp3) is 0.542. The van der Waals surface area contributed by atoms with Crippen molar-refractivity contribution >= 4 is 22.8 Å². The number of aromatic nitrogens is 4. The second-order valence-electron chi connectivity index (χ2n) is 9.06. The van der Waals surface area contributed by atoms with E-state index in [9.17, 15) is 13.2 Å². The molecular weight excluding hydrogens is 461 g/mol. The van der Waals surface area contributed by atoms with Crippen LogP contribution < -0.4 is 15.4 Å². The summed E-state index contributed by atoms with van der Waals surface area (Å²) in [7, 11) is 1.96. The molecule has 11 heteroatoms. The number of pyridine rings is 2. The number of nitrogens with two attached hydrogens (primary N) is 1. The molecule has 3 N–H and O–H groups in total. The topological polar surface area (TPSA) is 102 Å². The molecule has 8 nitrogen and oxygen atoms in total. The summed E-state index contributed by atoms with van der Waals surface area (Å²) >= 11 is 0. The van der Waals surface area contributed by atoms with Gasteiger partial charge in [-0.25, -0.2) is 9.97 Å². The van der Waals surface area contributed by atoms with Crippen LogP contribution in [-0.2, 0) is 10.9 Å². The van der Waals surface area contributed by atoms with E-state index in [2.05, 4.69) is 24.8 Å². The average Bonchev–Trinajstić information content (AvgIpc) is 3.42. The van der Waals surface area contributed by atoms with Gasteiger partial charge in [0.1, 0.15) is 11.1 Å². The van der Waals surface area contributed by atoms with E-state index < -0.39 is 17.6 Å². The molecule has 0 spiro atoms. The Morgan fingerprint density at radius 2 is 1.89 bits per heavy atom. The second kappa shape index (κ2) is 9.88. The van der Waals surface area contributed by atoms with Gasteiger partial charge in [-0.15, -0.1) is 0 Å². The van der Waals surface area contributed by atoms with E-state index >= 15 is 0 Å². The Morgan fingerprint density at radius 3 is 2.54 bits per heavy atom. The molecule has 35 heavy (non-hydrogen) atoms. The van der Waals surface area contributed by atoms with Crippen molar-refractivity contribution in [3.63, 3.8) is 0 Å². The summed E-state index contributed by atoms with van der Waals surface area (Å²) in [6.07, 6.45) is 1.12. The van der Waals surface area contributed by atoms with Crippen molar-refractivity contribution < 1.29 is 22.6 Å². The van der Waals surface area contributed by atoms with Crippen molar-refractivity contribution in [1.82, 2.24) is 19.9 Å². The van der Waals surface area contributed by atoms with Gasteiger partial charge in [0.05, 0.1) is 24.6 Å². The zero-order valence-electron chi connectivity index (χ0n) is 20.2. The van der Waals surface area contributed by atoms with Gasteiger partial charge in [0.2, 0.25) is 5.88 Å². The highest BCUT2D eigenvalue weighted by Gasteiger charge is 2.37. The normalized spacial score (nSPS) is 15.6. The zero-order valence-corrected chi connectivity index (χ0v) is 20.2. The van der Waals surface area contributed by atoms with E-state index in [0.717, 1.165) is 44.0 Å². The summed E-state index contributed by atoms with van der Waals surface area (Å²) in [6, 6.07) is 2.76. The Kier molecular flexibility index (Phi) is 7.07. The first-order valence-corrected chi connectivity index (χ1v) is 11.8. The minimum absolute atomic E-state index is 0.0102. The van der Waals surface area contributed by atoms with E-state index in [-0.39, 0.29) is 23.5 Å². The van der Waals surface area contributed by atoms with Crippen LogP contribution in [0.5, 0.6) is 5.88 Å². The quantitative estimate of drug-likeness (QED) is 0.431. The van der Waals surface area contributed by atoms with E-state index in [1.54, 1.807) is 13.0 Å². The molecule has 0 radical (unpaired) electrons. The smallest absolute Gasteiger partial charge is 0.421 e. The van der Waals surface area contributed by atoms with Crippen LogP contribution in [-0.4, -0.2) is 53.3 Å². The van der Waals surface area contributed by atoms with Crippen LogP contribution >= 0.6 is 0 Å². The number of nitrogen functional groups attached to an aromatic ring is 1. The molecule has 0 aromatic carbocycles. The minimum Gasteiger partial charge on any atom is -0.478 e. The lowest BCUT2D eigenvalue weighted by molar-refractivity contribution is -0.139. The Labute approximate surface area is 202 Å². The lowest BCUT2D eigenvalue weighted by Gasteiger charge is -2.34. The first-order valence-electron chi connectivity index (χ1n) is 11.8. The molecule has 3 heterocycles. The Balaban J connectivity index is 1.77. The van der Waals surface area contributed by atoms with Gasteiger partial charge in [0, 0.05) is 37.4 Å². The first kappa shape index (κ1) is 25.0. The number of imidazole rings is 1. The molecule has 0 unspecified atom stereocenters. The standard InChI is InChI=1S/C24H31F3N6O2/c1-4-34-14-23(8-6-7-9-23)13-33(3)18-11-17(30-20-19(18)31-22(28)32-20)15-10-16(24(25,26)27)21(29-12-15)35-5-2/h10-12H,4-9,13-14H2,1-3H3,(H3,28,30,31,32). The van der Waals surface area contributed by atoms with Gasteiger partial charge in [0.25, 0.3) is 0 Å². The predicted molar refractivity (Wildman–Crippen MR) is 128 cm³/mol. The van der Waals surface area contributed by atoms with Crippen molar-refractivity contribution in [2.24, 2.45) is 5.41 Å². The van der Waals surface area contributed by atoms with Crippen molar-refractivity contribution in [1.29, 1.82) is 0 Å². The first-order chi connectivity index (χ1) is 16.7. The fourth-order valence-corrected chi connectivity index (χ4v) is 4.87. The molecule has 0 bridgehead atoms. The summed E-state index contributed by atoms with van der Waals surface area (Å²) in [6.45, 7) is 5.71. The molecule has 190 valence electrons. The Bertz CT molecular complexity index is 1170. The third kappa shape index (κ3) is 5.29. The molecule has 0 amide bonds. The average molecular weight is 493 g/mol. The van der Waals surface area contributed by atoms with E-state index in [1.807, 2.05) is 14.0 Å². The van der Waals surface area contributed by atoms with Gasteiger partial charge in [0.15, 0.2) is 11.6 Å². The lowest BCUT2D eigenvalue weighted by Crippen LogP contribution is -2.37. The highest BCUT2D eigenvalue weighted by molar-refractivity contribution is 5.90. The number of nitrogens with one attached hydrogen (secondary N) is 1. The Morgan fingerprint density at radius 1 is 1.14 bits per heavy atom. The summed E-state index contributed by atoms with van der Waals surface area (Å²) in [5, 5.41) is 0. The van der Waals surface area contributed by atoms with Crippen LogP contribution in [0.25, 0.3) is 22.4 Å². The number of H-pyrrole nitrogens is 1. The molecule has 4 rings (SSSR count). The van der Waals surface area contributed by atoms with Gasteiger partial charge in [-0.1, -0.05) is 12.8 Å². The highest BCUT2D eigenvalue weighted by atomic mass is 19.4. The zero-order chi connectivity index (χ0) is 25.2. The molecule has 1 aliphatic rings. The third-order valence-electron chi connectivity index (χ3n) is 6.45. The maximum Gasteiger partial charge on any atom is 0.421 e. The maximum atomic E-state index is 13.7. The van der Waals surface area contributed by atoms with Crippen LogP contribution in [0.4, 0.5) is 24.8 Å². The van der Waals surface area contributed by atoms with Crippen molar-refractivity contribution in [2.45, 2.75) is 45.7 Å². The molecule has 0 saturated heterocycles. The summed E-state index contributed by atoms with van der Waals surface area (Å²) in [5.74, 6) is -0.268. The van der Waals surface area contributed by atoms with Gasteiger partial charge in [-0.3, -0.25) is 0 Å². The largest absolute Gasteiger partial charge is 0.478 e. The van der Waals surface area contributed by atoms with Gasteiger partial charge in [-0.2, -0.15) is 18.2 Å². The number of rotatable bonds is 9. The van der Waals surface area contributed by atoms with Crippen molar-refractivity contribution in [2.75, 3.05) is 44.0 Å². The number of fused-ring (bicyclic) bond motifs is 1. The molecular formula is C24H31F3N6O2. The van der Waals surface area contributed by atoms with Crippen LogP contribution in [0, 0.1) is 5.41 Å². The molecule has 3 aromatic heterocycles. The van der Waals surface area contributed by atoms with Crippen LogP contribution in [0.2, 0.25) is 0 Å². The minimum atomic E-state index is -4.62. The third-order valence-corrected chi connectivity index (χ3v) is 6.45. The fourth-order valence-electron chi connectivity index (χ4n) is 4.87. The molecule has 1 fully saturated rings. The van der Waals surface area contributed by atoms with Crippen LogP contribution in [0.15, 0.2) is 18.3 Å². The number of alkyl halides is 3.